The summed E-state index contributed by atoms with van der Waals surface area (Å²) in [6, 6.07) is 13.2. The number of methoxy groups -OCH3 is 1. The Hall–Kier alpha value is -3.08. The number of amides is 1. The van der Waals surface area contributed by atoms with E-state index in [4.69, 9.17) is 9.15 Å². The molecule has 1 amide bonds. The summed E-state index contributed by atoms with van der Waals surface area (Å²) >= 11 is 0. The summed E-state index contributed by atoms with van der Waals surface area (Å²) in [5, 5.41) is 3.81. The molecule has 3 rings (SSSR count). The van der Waals surface area contributed by atoms with Crippen molar-refractivity contribution in [2.24, 2.45) is 0 Å². The number of hydrogen-bond donors (Lipinski definition) is 1. The van der Waals surface area contributed by atoms with Crippen molar-refractivity contribution in [3.63, 3.8) is 0 Å². The molecular weight excluding hydrogens is 354 g/mol. The van der Waals surface area contributed by atoms with E-state index in [1.54, 1.807) is 13.2 Å². The number of carbonyl (C=O) groups is 1. The molecule has 0 radical (unpaired) electrons. The van der Waals surface area contributed by atoms with Crippen LogP contribution in [0.25, 0.3) is 11.0 Å². The number of hydrogen-bond acceptors (Lipinski definition) is 4. The molecule has 0 spiro atoms. The SMILES string of the molecule is COc1ccc2c(C)c(CCC(=O)Nc3ccccc3C(C)C)c(=O)oc2c1. The third kappa shape index (κ3) is 4.09. The molecule has 0 saturated carbocycles. The molecule has 0 fully saturated rings. The van der Waals surface area contributed by atoms with Gasteiger partial charge in [-0.3, -0.25) is 4.79 Å². The van der Waals surface area contributed by atoms with Crippen molar-refractivity contribution in [2.45, 2.75) is 39.5 Å². The predicted octanol–water partition coefficient (Wildman–Crippen LogP) is 4.80. The van der Waals surface area contributed by atoms with Crippen molar-refractivity contribution in [2.75, 3.05) is 12.4 Å². The Morgan fingerprint density at radius 3 is 2.64 bits per heavy atom. The van der Waals surface area contributed by atoms with Gasteiger partial charge < -0.3 is 14.5 Å². The molecule has 5 heteroatoms. The zero-order valence-electron chi connectivity index (χ0n) is 16.7. The van der Waals surface area contributed by atoms with Gasteiger partial charge in [0.2, 0.25) is 5.91 Å². The molecule has 0 aliphatic carbocycles. The van der Waals surface area contributed by atoms with Crippen LogP contribution in [0.1, 0.15) is 42.9 Å². The Kier molecular flexibility index (Phi) is 5.83. The molecule has 28 heavy (non-hydrogen) atoms. The molecule has 0 aliphatic rings. The molecule has 1 aromatic heterocycles. The number of nitrogens with one attached hydrogen (secondary N) is 1. The van der Waals surface area contributed by atoms with Crippen LogP contribution < -0.4 is 15.7 Å². The molecular formula is C23H25NO4. The molecule has 146 valence electrons. The molecule has 2 aromatic carbocycles. The normalized spacial score (nSPS) is 11.0. The standard InChI is InChI=1S/C23H25NO4/c1-14(2)17-7-5-6-8-20(17)24-22(25)12-11-19-15(3)18-10-9-16(27-4)13-21(18)28-23(19)26/h5-10,13-14H,11-12H2,1-4H3,(H,24,25). The van der Waals surface area contributed by atoms with Crippen molar-refractivity contribution in [1.82, 2.24) is 0 Å². The van der Waals surface area contributed by atoms with Gasteiger partial charge in [-0.2, -0.15) is 0 Å². The second kappa shape index (κ2) is 8.30. The highest BCUT2D eigenvalue weighted by atomic mass is 16.5. The van der Waals surface area contributed by atoms with Crippen molar-refractivity contribution in [3.05, 3.63) is 69.6 Å². The van der Waals surface area contributed by atoms with E-state index in [2.05, 4.69) is 19.2 Å². The van der Waals surface area contributed by atoms with Gasteiger partial charge in [-0.05, 0) is 48.6 Å². The lowest BCUT2D eigenvalue weighted by molar-refractivity contribution is -0.116. The summed E-state index contributed by atoms with van der Waals surface area (Å²) in [6.07, 6.45) is 0.533. The molecule has 3 aromatic rings. The quantitative estimate of drug-likeness (QED) is 0.624. The number of benzene rings is 2. The predicted molar refractivity (Wildman–Crippen MR) is 111 cm³/mol. The van der Waals surface area contributed by atoms with Crippen LogP contribution in [0, 0.1) is 6.92 Å². The summed E-state index contributed by atoms with van der Waals surface area (Å²) < 4.78 is 10.6. The second-order valence-corrected chi connectivity index (χ2v) is 7.15. The van der Waals surface area contributed by atoms with E-state index >= 15 is 0 Å². The van der Waals surface area contributed by atoms with E-state index in [1.165, 1.54) is 0 Å². The van der Waals surface area contributed by atoms with Crippen LogP contribution in [0.3, 0.4) is 0 Å². The molecule has 5 nitrogen and oxygen atoms in total. The fourth-order valence-electron chi connectivity index (χ4n) is 3.36. The Bertz CT molecular complexity index is 1070. The lowest BCUT2D eigenvalue weighted by Crippen LogP contribution is -2.17. The molecule has 0 atom stereocenters. The second-order valence-electron chi connectivity index (χ2n) is 7.15. The highest BCUT2D eigenvalue weighted by molar-refractivity contribution is 5.92. The maximum absolute atomic E-state index is 12.5. The Balaban J connectivity index is 1.78. The van der Waals surface area contributed by atoms with E-state index in [0.717, 1.165) is 22.2 Å². The topological polar surface area (TPSA) is 68.5 Å². The van der Waals surface area contributed by atoms with E-state index in [0.29, 0.717) is 29.2 Å². The number of para-hydroxylation sites is 1. The van der Waals surface area contributed by atoms with Crippen LogP contribution >= 0.6 is 0 Å². The van der Waals surface area contributed by atoms with Gasteiger partial charge >= 0.3 is 5.63 Å². The summed E-state index contributed by atoms with van der Waals surface area (Å²) in [5.41, 5.74) is 3.35. The average Bonchev–Trinajstić information content (AvgIpc) is 2.67. The summed E-state index contributed by atoms with van der Waals surface area (Å²) in [7, 11) is 1.57. The number of anilines is 1. The van der Waals surface area contributed by atoms with Crippen LogP contribution in [0.5, 0.6) is 5.75 Å². The molecule has 1 heterocycles. The van der Waals surface area contributed by atoms with Crippen LogP contribution in [-0.2, 0) is 11.2 Å². The maximum atomic E-state index is 12.5. The van der Waals surface area contributed by atoms with Crippen molar-refractivity contribution in [1.29, 1.82) is 0 Å². The number of carbonyl (C=O) groups excluding carboxylic acids is 1. The molecule has 0 aliphatic heterocycles. The van der Waals surface area contributed by atoms with Crippen LogP contribution in [0.4, 0.5) is 5.69 Å². The number of aryl methyl sites for hydroxylation is 1. The minimum atomic E-state index is -0.409. The van der Waals surface area contributed by atoms with Crippen molar-refractivity contribution in [3.8, 4) is 5.75 Å². The first kappa shape index (κ1) is 19.7. The van der Waals surface area contributed by atoms with Gasteiger partial charge in [0.15, 0.2) is 0 Å². The Morgan fingerprint density at radius 1 is 1.18 bits per heavy atom. The Morgan fingerprint density at radius 2 is 1.93 bits per heavy atom. The van der Waals surface area contributed by atoms with Gasteiger partial charge in [-0.15, -0.1) is 0 Å². The highest BCUT2D eigenvalue weighted by Gasteiger charge is 2.15. The highest BCUT2D eigenvalue weighted by Crippen LogP contribution is 2.26. The fraction of sp³-hybridized carbons (Fsp3) is 0.304. The number of ether oxygens (including phenoxy) is 1. The number of fused-ring (bicyclic) bond motifs is 1. The maximum Gasteiger partial charge on any atom is 0.339 e. The van der Waals surface area contributed by atoms with Crippen molar-refractivity contribution < 1.29 is 13.9 Å². The van der Waals surface area contributed by atoms with Gasteiger partial charge in [0.25, 0.3) is 0 Å². The largest absolute Gasteiger partial charge is 0.497 e. The lowest BCUT2D eigenvalue weighted by Gasteiger charge is -2.14. The zero-order valence-corrected chi connectivity index (χ0v) is 16.7. The van der Waals surface area contributed by atoms with Gasteiger partial charge in [-0.25, -0.2) is 4.79 Å². The fourth-order valence-corrected chi connectivity index (χ4v) is 3.36. The van der Waals surface area contributed by atoms with Gasteiger partial charge in [0.1, 0.15) is 11.3 Å². The van der Waals surface area contributed by atoms with Gasteiger partial charge in [-0.1, -0.05) is 32.0 Å². The minimum absolute atomic E-state index is 0.123. The summed E-state index contributed by atoms with van der Waals surface area (Å²) in [6.45, 7) is 6.06. The third-order valence-corrected chi connectivity index (χ3v) is 4.95. The summed E-state index contributed by atoms with van der Waals surface area (Å²) in [4.78, 5) is 24.9. The van der Waals surface area contributed by atoms with Gasteiger partial charge in [0, 0.05) is 29.1 Å². The zero-order chi connectivity index (χ0) is 20.3. The molecule has 0 saturated heterocycles. The lowest BCUT2D eigenvalue weighted by atomic mass is 10.0. The molecule has 0 bridgehead atoms. The summed E-state index contributed by atoms with van der Waals surface area (Å²) in [5.74, 6) is 0.816. The minimum Gasteiger partial charge on any atom is -0.497 e. The number of rotatable bonds is 6. The third-order valence-electron chi connectivity index (χ3n) is 4.95. The van der Waals surface area contributed by atoms with E-state index in [-0.39, 0.29) is 12.3 Å². The van der Waals surface area contributed by atoms with E-state index in [9.17, 15) is 9.59 Å². The van der Waals surface area contributed by atoms with Crippen molar-refractivity contribution >= 4 is 22.6 Å². The van der Waals surface area contributed by atoms with Crippen LogP contribution in [0.15, 0.2) is 51.7 Å². The smallest absolute Gasteiger partial charge is 0.339 e. The van der Waals surface area contributed by atoms with E-state index in [1.807, 2.05) is 43.3 Å². The molecule has 1 N–H and O–H groups in total. The van der Waals surface area contributed by atoms with E-state index < -0.39 is 5.63 Å². The van der Waals surface area contributed by atoms with Crippen LogP contribution in [-0.4, -0.2) is 13.0 Å². The molecule has 0 unspecified atom stereocenters. The first-order chi connectivity index (χ1) is 13.4. The monoisotopic (exact) mass is 379 g/mol. The Labute approximate surface area is 164 Å². The van der Waals surface area contributed by atoms with Crippen LogP contribution in [0.2, 0.25) is 0 Å². The first-order valence-electron chi connectivity index (χ1n) is 9.39. The average molecular weight is 379 g/mol. The first-order valence-corrected chi connectivity index (χ1v) is 9.39. The van der Waals surface area contributed by atoms with Gasteiger partial charge in [0.05, 0.1) is 7.11 Å².